The van der Waals surface area contributed by atoms with Crippen LogP contribution in [0.3, 0.4) is 0 Å². The number of aryl methyl sites for hydroxylation is 1. The third-order valence-electron chi connectivity index (χ3n) is 5.66. The van der Waals surface area contributed by atoms with Crippen LogP contribution in [-0.4, -0.2) is 41.8 Å². The number of hydrogen-bond acceptors (Lipinski definition) is 3. The molecule has 0 unspecified atom stereocenters. The second-order valence-corrected chi connectivity index (χ2v) is 7.61. The van der Waals surface area contributed by atoms with E-state index in [9.17, 15) is 9.59 Å². The first-order valence-electron chi connectivity index (χ1n) is 9.87. The van der Waals surface area contributed by atoms with Gasteiger partial charge in [0, 0.05) is 30.5 Å². The van der Waals surface area contributed by atoms with E-state index in [0.717, 1.165) is 46.5 Å². The predicted molar refractivity (Wildman–Crippen MR) is 115 cm³/mol. The van der Waals surface area contributed by atoms with Crippen molar-refractivity contribution in [2.75, 3.05) is 25.5 Å². The van der Waals surface area contributed by atoms with Crippen LogP contribution in [0, 0.1) is 6.92 Å². The zero-order valence-corrected chi connectivity index (χ0v) is 16.9. The minimum absolute atomic E-state index is 0.0686. The molecular formula is C24H25N3O2. The molecular weight excluding hydrogens is 362 g/mol. The van der Waals surface area contributed by atoms with Crippen molar-refractivity contribution >= 4 is 17.5 Å². The van der Waals surface area contributed by atoms with E-state index in [4.69, 9.17) is 0 Å². The van der Waals surface area contributed by atoms with Gasteiger partial charge in [-0.2, -0.15) is 0 Å². The Labute approximate surface area is 171 Å². The fraction of sp³-hybridized carbons (Fsp3) is 0.250. The first-order valence-corrected chi connectivity index (χ1v) is 9.87. The molecule has 29 heavy (non-hydrogen) atoms. The van der Waals surface area contributed by atoms with Crippen LogP contribution in [-0.2, 0) is 9.59 Å². The highest BCUT2D eigenvalue weighted by Gasteiger charge is 2.37. The maximum atomic E-state index is 12.7. The van der Waals surface area contributed by atoms with Gasteiger partial charge in [0.25, 0.3) is 5.91 Å². The highest BCUT2D eigenvalue weighted by atomic mass is 16.2. The first-order chi connectivity index (χ1) is 14.0. The number of carbonyl (C=O) groups is 2. The number of amides is 2. The summed E-state index contributed by atoms with van der Waals surface area (Å²) in [4.78, 5) is 28.7. The molecule has 2 aromatic rings. The highest BCUT2D eigenvalue weighted by Crippen LogP contribution is 2.35. The molecule has 0 bridgehead atoms. The number of nitrogens with one attached hydrogen (secondary N) is 1. The van der Waals surface area contributed by atoms with E-state index in [1.54, 1.807) is 11.9 Å². The summed E-state index contributed by atoms with van der Waals surface area (Å²) >= 11 is 0. The molecule has 5 nitrogen and oxygen atoms in total. The van der Waals surface area contributed by atoms with E-state index < -0.39 is 0 Å². The van der Waals surface area contributed by atoms with Crippen LogP contribution in [0.5, 0.6) is 0 Å². The van der Waals surface area contributed by atoms with Gasteiger partial charge in [-0.15, -0.1) is 0 Å². The van der Waals surface area contributed by atoms with Crippen LogP contribution in [0.1, 0.15) is 18.4 Å². The van der Waals surface area contributed by atoms with Crippen LogP contribution in [0.4, 0.5) is 5.69 Å². The second-order valence-electron chi connectivity index (χ2n) is 7.61. The molecule has 4 rings (SSSR count). The SMILES string of the molecule is C=C1C2=C(C(=O)N1C)N(CC(=O)Nc1ccc(-c3ccccc3)cc1C)CCC2. The largest absolute Gasteiger partial charge is 0.357 e. The molecule has 2 aromatic carbocycles. The number of hydrogen-bond donors (Lipinski definition) is 1. The smallest absolute Gasteiger partial charge is 0.274 e. The summed E-state index contributed by atoms with van der Waals surface area (Å²) in [6.07, 6.45) is 1.75. The van der Waals surface area contributed by atoms with Crippen molar-refractivity contribution in [3.05, 3.63) is 77.6 Å². The van der Waals surface area contributed by atoms with E-state index in [0.29, 0.717) is 12.2 Å². The lowest BCUT2D eigenvalue weighted by molar-refractivity contribution is -0.125. The van der Waals surface area contributed by atoms with Crippen molar-refractivity contribution < 1.29 is 9.59 Å². The number of benzene rings is 2. The van der Waals surface area contributed by atoms with Crippen molar-refractivity contribution in [1.29, 1.82) is 0 Å². The van der Waals surface area contributed by atoms with E-state index in [1.165, 1.54) is 0 Å². The van der Waals surface area contributed by atoms with Gasteiger partial charge in [-0.25, -0.2) is 0 Å². The Bertz CT molecular complexity index is 1020. The van der Waals surface area contributed by atoms with Gasteiger partial charge in [-0.1, -0.05) is 43.0 Å². The van der Waals surface area contributed by atoms with Crippen molar-refractivity contribution in [3.8, 4) is 11.1 Å². The van der Waals surface area contributed by atoms with Crippen LogP contribution < -0.4 is 5.32 Å². The van der Waals surface area contributed by atoms with Crippen molar-refractivity contribution in [3.63, 3.8) is 0 Å². The molecule has 0 fully saturated rings. The molecule has 2 heterocycles. The molecule has 0 aliphatic carbocycles. The van der Waals surface area contributed by atoms with Crippen molar-refractivity contribution in [2.45, 2.75) is 19.8 Å². The summed E-state index contributed by atoms with van der Waals surface area (Å²) in [7, 11) is 1.74. The first kappa shape index (κ1) is 19.0. The van der Waals surface area contributed by atoms with Crippen LogP contribution in [0.25, 0.3) is 11.1 Å². The maximum Gasteiger partial charge on any atom is 0.274 e. The maximum absolute atomic E-state index is 12.7. The lowest BCUT2D eigenvalue weighted by Crippen LogP contribution is -2.38. The fourth-order valence-electron chi connectivity index (χ4n) is 4.03. The molecule has 5 heteroatoms. The molecule has 0 spiro atoms. The molecule has 0 saturated heterocycles. The minimum atomic E-state index is -0.123. The van der Waals surface area contributed by atoms with Crippen molar-refractivity contribution in [2.24, 2.45) is 0 Å². The summed E-state index contributed by atoms with van der Waals surface area (Å²) < 4.78 is 0. The normalized spacial score (nSPS) is 16.3. The summed E-state index contributed by atoms with van der Waals surface area (Å²) in [5, 5.41) is 3.00. The molecule has 0 saturated carbocycles. The number of carbonyl (C=O) groups excluding carboxylic acids is 2. The Morgan fingerprint density at radius 1 is 1.14 bits per heavy atom. The Hall–Kier alpha value is -3.34. The average molecular weight is 387 g/mol. The van der Waals surface area contributed by atoms with Gasteiger partial charge >= 0.3 is 0 Å². The predicted octanol–water partition coefficient (Wildman–Crippen LogP) is 3.94. The molecule has 148 valence electrons. The van der Waals surface area contributed by atoms with E-state index in [-0.39, 0.29) is 18.4 Å². The molecule has 2 amide bonds. The van der Waals surface area contributed by atoms with E-state index in [2.05, 4.69) is 30.1 Å². The minimum Gasteiger partial charge on any atom is -0.357 e. The zero-order chi connectivity index (χ0) is 20.5. The van der Waals surface area contributed by atoms with Gasteiger partial charge in [0.15, 0.2) is 0 Å². The van der Waals surface area contributed by atoms with Crippen LogP contribution >= 0.6 is 0 Å². The standard InChI is InChI=1S/C24H25N3O2/c1-16-14-19(18-8-5-4-6-9-18)11-12-21(16)25-22(28)15-27-13-7-10-20-17(2)26(3)24(29)23(20)27/h4-6,8-9,11-12,14H,2,7,10,13,15H2,1,3H3,(H,25,28). The molecule has 0 atom stereocenters. The summed E-state index contributed by atoms with van der Waals surface area (Å²) in [6.45, 7) is 6.86. The van der Waals surface area contributed by atoms with Gasteiger partial charge in [-0.05, 0) is 48.6 Å². The van der Waals surface area contributed by atoms with E-state index >= 15 is 0 Å². The number of allylic oxidation sites excluding steroid dienone is 1. The van der Waals surface area contributed by atoms with Gasteiger partial charge in [-0.3, -0.25) is 9.59 Å². The van der Waals surface area contributed by atoms with E-state index in [1.807, 2.05) is 42.2 Å². The Morgan fingerprint density at radius 2 is 1.90 bits per heavy atom. The highest BCUT2D eigenvalue weighted by molar-refractivity contribution is 6.01. The number of rotatable bonds is 4. The van der Waals surface area contributed by atoms with Crippen LogP contribution in [0.2, 0.25) is 0 Å². The lowest BCUT2D eigenvalue weighted by atomic mass is 10.0. The van der Waals surface area contributed by atoms with Gasteiger partial charge in [0.2, 0.25) is 5.91 Å². The molecule has 1 N–H and O–H groups in total. The summed E-state index contributed by atoms with van der Waals surface area (Å²) in [5.41, 5.74) is 6.41. The van der Waals surface area contributed by atoms with Gasteiger partial charge < -0.3 is 15.1 Å². The van der Waals surface area contributed by atoms with Crippen LogP contribution in [0.15, 0.2) is 72.1 Å². The van der Waals surface area contributed by atoms with Gasteiger partial charge in [0.1, 0.15) is 5.70 Å². The number of nitrogens with zero attached hydrogens (tertiary/aromatic N) is 2. The van der Waals surface area contributed by atoms with Gasteiger partial charge in [0.05, 0.1) is 6.54 Å². The Morgan fingerprint density at radius 3 is 2.62 bits per heavy atom. The number of likely N-dealkylation sites (N-methyl/N-ethyl adjacent to an activating group) is 1. The van der Waals surface area contributed by atoms with Crippen molar-refractivity contribution in [1.82, 2.24) is 9.80 Å². The summed E-state index contributed by atoms with van der Waals surface area (Å²) in [6, 6.07) is 16.2. The average Bonchev–Trinajstić information content (AvgIpc) is 2.95. The Balaban J connectivity index is 1.48. The Kier molecular flexibility index (Phi) is 4.97. The number of anilines is 1. The second kappa shape index (κ2) is 7.59. The zero-order valence-electron chi connectivity index (χ0n) is 16.9. The summed E-state index contributed by atoms with van der Waals surface area (Å²) in [5.74, 6) is -0.192. The third-order valence-corrected chi connectivity index (χ3v) is 5.66. The third kappa shape index (κ3) is 3.56. The quantitative estimate of drug-likeness (QED) is 0.865. The monoisotopic (exact) mass is 387 g/mol. The topological polar surface area (TPSA) is 52.7 Å². The lowest BCUT2D eigenvalue weighted by Gasteiger charge is -2.28. The molecule has 0 radical (unpaired) electrons. The molecule has 2 aliphatic heterocycles. The molecule has 2 aliphatic rings. The molecule has 0 aromatic heterocycles. The fourth-order valence-corrected chi connectivity index (χ4v) is 4.03.